The van der Waals surface area contributed by atoms with E-state index in [1.807, 2.05) is 31.4 Å². The van der Waals surface area contributed by atoms with Crippen LogP contribution in [0.2, 0.25) is 0 Å². The molecule has 0 radical (unpaired) electrons. The van der Waals surface area contributed by atoms with Crippen molar-refractivity contribution in [2.24, 2.45) is 5.73 Å². The third-order valence-corrected chi connectivity index (χ3v) is 5.89. The van der Waals surface area contributed by atoms with E-state index in [1.165, 1.54) is 11.8 Å². The highest BCUT2D eigenvalue weighted by molar-refractivity contribution is 7.98. The van der Waals surface area contributed by atoms with Gasteiger partial charge in [0.1, 0.15) is 11.5 Å². The summed E-state index contributed by atoms with van der Waals surface area (Å²) in [6.45, 7) is 8.08. The van der Waals surface area contributed by atoms with Crippen LogP contribution in [0.1, 0.15) is 69.5 Å². The Morgan fingerprint density at radius 2 is 2.13 bits per heavy atom. The van der Waals surface area contributed by atoms with Gasteiger partial charge in [-0.05, 0) is 43.2 Å². The van der Waals surface area contributed by atoms with Gasteiger partial charge >= 0.3 is 5.97 Å². The minimum Gasteiger partial charge on any atom is -0.479 e. The van der Waals surface area contributed by atoms with Crippen molar-refractivity contribution in [2.45, 2.75) is 76.5 Å². The number of carbonyl (C=O) groups is 1. The van der Waals surface area contributed by atoms with E-state index in [1.54, 1.807) is 0 Å². The lowest BCUT2D eigenvalue weighted by molar-refractivity contribution is -0.159. The summed E-state index contributed by atoms with van der Waals surface area (Å²) in [4.78, 5) is 11.8. The van der Waals surface area contributed by atoms with E-state index in [9.17, 15) is 20.1 Å². The molecule has 0 amide bonds. The Balaban J connectivity index is 3.14. The zero-order valence-corrected chi connectivity index (χ0v) is 19.2. The smallest absolute Gasteiger partial charge is 0.337 e. The lowest BCUT2D eigenvalue weighted by atomic mass is 9.86. The van der Waals surface area contributed by atoms with Crippen molar-refractivity contribution in [1.82, 2.24) is 0 Å². The van der Waals surface area contributed by atoms with E-state index < -0.39 is 23.7 Å². The number of hydrogen-bond donors (Lipinski definition) is 4. The number of carboxylic acids is 1. The molecule has 0 aliphatic carbocycles. The summed E-state index contributed by atoms with van der Waals surface area (Å²) in [5, 5.41) is 30.3. The van der Waals surface area contributed by atoms with Crippen LogP contribution >= 0.6 is 11.8 Å². The van der Waals surface area contributed by atoms with Crippen LogP contribution in [0.3, 0.4) is 0 Å². The maximum Gasteiger partial charge on any atom is 0.337 e. The number of aliphatic carboxylic acids is 1. The molecule has 6 nitrogen and oxygen atoms in total. The van der Waals surface area contributed by atoms with Crippen molar-refractivity contribution in [3.8, 4) is 0 Å². The van der Waals surface area contributed by atoms with Crippen LogP contribution in [0.4, 0.5) is 0 Å². The molecule has 0 aliphatic rings. The van der Waals surface area contributed by atoms with Gasteiger partial charge in [-0.25, -0.2) is 4.79 Å². The Labute approximate surface area is 184 Å². The Morgan fingerprint density at radius 1 is 1.43 bits per heavy atom. The van der Waals surface area contributed by atoms with Crippen LogP contribution in [0, 0.1) is 0 Å². The van der Waals surface area contributed by atoms with Crippen LogP contribution in [0.25, 0.3) is 11.6 Å². The number of hydrogen-bond acceptors (Lipinski definition) is 6. The standard InChI is InChI=1S/C23H37NO5S/c1-5-7-8-9-10-20-19(13-18(29-20)12-11-17(25)6-2)16(3)14-23(28,22(26)27)21(24)15-30-4/h9-10,13,17,21,25,28H,3,5-8,11-12,14-15,24H2,1-2,4H3,(H,26,27)/b10-9-/t17?,21?,23-/m1/s1. The summed E-state index contributed by atoms with van der Waals surface area (Å²) in [5.74, 6) is 0.232. The average molecular weight is 440 g/mol. The van der Waals surface area contributed by atoms with Gasteiger partial charge in [-0.3, -0.25) is 0 Å². The van der Waals surface area contributed by atoms with Crippen molar-refractivity contribution < 1.29 is 24.5 Å². The van der Waals surface area contributed by atoms with Crippen LogP contribution in [0.5, 0.6) is 0 Å². The zero-order chi connectivity index (χ0) is 22.7. The number of rotatable bonds is 15. The lowest BCUT2D eigenvalue weighted by Gasteiger charge is -2.30. The number of nitrogens with two attached hydrogens (primary N) is 1. The third kappa shape index (κ3) is 7.61. The summed E-state index contributed by atoms with van der Waals surface area (Å²) >= 11 is 1.38. The van der Waals surface area contributed by atoms with E-state index in [-0.39, 0.29) is 6.42 Å². The number of carboxylic acid groups (broad SMARTS) is 1. The first-order valence-electron chi connectivity index (χ1n) is 10.5. The maximum atomic E-state index is 11.8. The second kappa shape index (κ2) is 13.0. The molecule has 1 aromatic rings. The molecule has 0 fully saturated rings. The second-order valence-electron chi connectivity index (χ2n) is 7.71. The average Bonchev–Trinajstić information content (AvgIpc) is 3.12. The molecular formula is C23H37NO5S. The lowest BCUT2D eigenvalue weighted by Crippen LogP contribution is -2.55. The van der Waals surface area contributed by atoms with E-state index in [0.717, 1.165) is 19.3 Å². The van der Waals surface area contributed by atoms with Gasteiger partial charge in [0.25, 0.3) is 0 Å². The molecule has 30 heavy (non-hydrogen) atoms. The fraction of sp³-hybridized carbons (Fsp3) is 0.609. The first-order valence-corrected chi connectivity index (χ1v) is 11.9. The predicted molar refractivity (Wildman–Crippen MR) is 124 cm³/mol. The largest absolute Gasteiger partial charge is 0.479 e. The fourth-order valence-electron chi connectivity index (χ4n) is 3.11. The highest BCUT2D eigenvalue weighted by atomic mass is 32.2. The molecule has 0 aromatic carbocycles. The summed E-state index contributed by atoms with van der Waals surface area (Å²) in [7, 11) is 0. The Hall–Kier alpha value is -1.54. The van der Waals surface area contributed by atoms with Gasteiger partial charge in [-0.2, -0.15) is 11.8 Å². The van der Waals surface area contributed by atoms with Crippen LogP contribution in [0.15, 0.2) is 23.1 Å². The van der Waals surface area contributed by atoms with Gasteiger partial charge in [0.05, 0.1) is 12.1 Å². The molecule has 1 rings (SSSR count). The normalized spacial score (nSPS) is 15.8. The first-order chi connectivity index (χ1) is 14.2. The van der Waals surface area contributed by atoms with Gasteiger partial charge in [-0.1, -0.05) is 39.3 Å². The van der Waals surface area contributed by atoms with Crippen molar-refractivity contribution in [3.05, 3.63) is 35.8 Å². The maximum absolute atomic E-state index is 11.8. The van der Waals surface area contributed by atoms with Crippen molar-refractivity contribution in [1.29, 1.82) is 0 Å². The number of aliphatic hydroxyl groups excluding tert-OH is 1. The number of unbranched alkanes of at least 4 members (excludes halogenated alkanes) is 2. The Kier molecular flexibility index (Phi) is 11.5. The molecular weight excluding hydrogens is 402 g/mol. The molecule has 3 atom stereocenters. The highest BCUT2D eigenvalue weighted by Gasteiger charge is 2.43. The molecule has 5 N–H and O–H groups in total. The van der Waals surface area contributed by atoms with Gasteiger partial charge in [-0.15, -0.1) is 0 Å². The molecule has 170 valence electrons. The van der Waals surface area contributed by atoms with Gasteiger partial charge < -0.3 is 25.5 Å². The quantitative estimate of drug-likeness (QED) is 0.304. The van der Waals surface area contributed by atoms with Crippen LogP contribution in [-0.2, 0) is 11.2 Å². The number of aryl methyl sites for hydroxylation is 1. The Morgan fingerprint density at radius 3 is 2.70 bits per heavy atom. The van der Waals surface area contributed by atoms with E-state index in [0.29, 0.717) is 47.7 Å². The molecule has 0 bridgehead atoms. The Bertz CT molecular complexity index is 714. The van der Waals surface area contributed by atoms with Crippen molar-refractivity contribution in [3.63, 3.8) is 0 Å². The summed E-state index contributed by atoms with van der Waals surface area (Å²) in [5.41, 5.74) is 5.00. The number of allylic oxidation sites excluding steroid dienone is 1. The van der Waals surface area contributed by atoms with E-state index in [4.69, 9.17) is 10.2 Å². The predicted octanol–water partition coefficient (Wildman–Crippen LogP) is 4.10. The number of furan rings is 1. The van der Waals surface area contributed by atoms with Crippen LogP contribution in [-0.4, -0.2) is 51.0 Å². The highest BCUT2D eigenvalue weighted by Crippen LogP contribution is 2.32. The summed E-state index contributed by atoms with van der Waals surface area (Å²) in [6, 6.07) is 0.892. The molecule has 1 heterocycles. The third-order valence-electron chi connectivity index (χ3n) is 5.19. The summed E-state index contributed by atoms with van der Waals surface area (Å²) in [6.07, 6.45) is 9.97. The fourth-order valence-corrected chi connectivity index (χ4v) is 3.74. The first kappa shape index (κ1) is 26.5. The monoisotopic (exact) mass is 439 g/mol. The number of aliphatic hydroxyl groups is 2. The number of thioether (sulfide) groups is 1. The van der Waals surface area contributed by atoms with Crippen molar-refractivity contribution in [2.75, 3.05) is 12.0 Å². The molecule has 7 heteroatoms. The van der Waals surface area contributed by atoms with Crippen LogP contribution < -0.4 is 5.73 Å². The van der Waals surface area contributed by atoms with Crippen molar-refractivity contribution >= 4 is 29.4 Å². The SMILES string of the molecule is C=C(C[C@](O)(C(=O)O)C(N)CSC)c1cc(CCC(O)CC)oc1/C=C\CCCC. The molecule has 0 aliphatic heterocycles. The van der Waals surface area contributed by atoms with Gasteiger partial charge in [0.2, 0.25) is 0 Å². The van der Waals surface area contributed by atoms with Gasteiger partial charge in [0.15, 0.2) is 5.60 Å². The molecule has 0 saturated carbocycles. The minimum absolute atomic E-state index is 0.198. The zero-order valence-electron chi connectivity index (χ0n) is 18.4. The van der Waals surface area contributed by atoms with Gasteiger partial charge in [0, 0.05) is 24.2 Å². The minimum atomic E-state index is -2.11. The molecule has 2 unspecified atom stereocenters. The topological polar surface area (TPSA) is 117 Å². The molecule has 1 aromatic heterocycles. The molecule has 0 spiro atoms. The molecule has 0 saturated heterocycles. The summed E-state index contributed by atoms with van der Waals surface area (Å²) < 4.78 is 5.97. The second-order valence-corrected chi connectivity index (χ2v) is 8.62. The van der Waals surface area contributed by atoms with E-state index in [2.05, 4.69) is 13.5 Å². The van der Waals surface area contributed by atoms with E-state index >= 15 is 0 Å².